The van der Waals surface area contributed by atoms with Gasteiger partial charge in [0, 0.05) is 6.20 Å². The summed E-state index contributed by atoms with van der Waals surface area (Å²) in [7, 11) is 0. The van der Waals surface area contributed by atoms with Crippen LogP contribution in [0.25, 0.3) is 0 Å². The zero-order valence-electron chi connectivity index (χ0n) is 12.0. The zero-order chi connectivity index (χ0) is 16.5. The largest absolute Gasteiger partial charge is 0.445 e. The number of H-pyrrole nitrogens is 1. The summed E-state index contributed by atoms with van der Waals surface area (Å²) in [5.41, 5.74) is 5.34. The van der Waals surface area contributed by atoms with Crippen molar-refractivity contribution in [2.45, 2.75) is 6.61 Å². The maximum absolute atomic E-state index is 11.5. The lowest BCUT2D eigenvalue weighted by Crippen LogP contribution is -2.46. The van der Waals surface area contributed by atoms with Crippen molar-refractivity contribution in [2.75, 3.05) is 6.54 Å². The lowest BCUT2D eigenvalue weighted by Gasteiger charge is -2.08. The second-order valence-electron chi connectivity index (χ2n) is 4.39. The van der Waals surface area contributed by atoms with Gasteiger partial charge in [-0.15, -0.1) is 0 Å². The lowest BCUT2D eigenvalue weighted by molar-refractivity contribution is -0.120. The number of aromatic nitrogens is 2. The van der Waals surface area contributed by atoms with E-state index in [9.17, 15) is 14.4 Å². The monoisotopic (exact) mass is 317 g/mol. The molecule has 3 amide bonds. The minimum absolute atomic E-state index is 0.102. The molecular weight excluding hydrogens is 302 g/mol. The molecule has 23 heavy (non-hydrogen) atoms. The van der Waals surface area contributed by atoms with Crippen LogP contribution in [0.3, 0.4) is 0 Å². The fraction of sp³-hybridized carbons (Fsp3) is 0.143. The van der Waals surface area contributed by atoms with Crippen molar-refractivity contribution in [3.05, 3.63) is 53.9 Å². The van der Waals surface area contributed by atoms with Crippen LogP contribution in [0.2, 0.25) is 0 Å². The number of benzene rings is 1. The Balaban J connectivity index is 1.62. The first kappa shape index (κ1) is 16.0. The van der Waals surface area contributed by atoms with Gasteiger partial charge >= 0.3 is 6.09 Å². The Kier molecular flexibility index (Phi) is 5.69. The Morgan fingerprint density at radius 2 is 1.87 bits per heavy atom. The van der Waals surface area contributed by atoms with Crippen molar-refractivity contribution in [3.63, 3.8) is 0 Å². The summed E-state index contributed by atoms with van der Waals surface area (Å²) in [5.74, 6) is -1.16. The average molecular weight is 317 g/mol. The summed E-state index contributed by atoms with van der Waals surface area (Å²) in [4.78, 5) is 34.4. The quantitative estimate of drug-likeness (QED) is 0.582. The molecule has 0 fully saturated rings. The van der Waals surface area contributed by atoms with Crippen LogP contribution >= 0.6 is 0 Å². The van der Waals surface area contributed by atoms with Gasteiger partial charge in [-0.05, 0) is 11.6 Å². The molecule has 0 unspecified atom stereocenters. The molecule has 120 valence electrons. The second kappa shape index (κ2) is 8.17. The summed E-state index contributed by atoms with van der Waals surface area (Å²) < 4.78 is 4.93. The molecule has 0 saturated carbocycles. The van der Waals surface area contributed by atoms with E-state index >= 15 is 0 Å². The van der Waals surface area contributed by atoms with E-state index < -0.39 is 17.9 Å². The van der Waals surface area contributed by atoms with Crippen molar-refractivity contribution < 1.29 is 19.1 Å². The Labute approximate surface area is 131 Å². The maximum atomic E-state index is 11.5. The van der Waals surface area contributed by atoms with Gasteiger partial charge in [0.1, 0.15) is 18.8 Å². The van der Waals surface area contributed by atoms with Crippen LogP contribution in [-0.4, -0.2) is 34.6 Å². The minimum Gasteiger partial charge on any atom is -0.445 e. The lowest BCUT2D eigenvalue weighted by atomic mass is 10.2. The van der Waals surface area contributed by atoms with Crippen LogP contribution in [0.4, 0.5) is 4.79 Å². The summed E-state index contributed by atoms with van der Waals surface area (Å²) in [5, 5.41) is 8.31. The number of aromatic amines is 1. The minimum atomic E-state index is -0.733. The Morgan fingerprint density at radius 3 is 2.57 bits per heavy atom. The van der Waals surface area contributed by atoms with Crippen molar-refractivity contribution in [2.24, 2.45) is 0 Å². The molecule has 4 N–H and O–H groups in total. The molecule has 0 aliphatic rings. The number of rotatable bonds is 5. The standard InChI is InChI=1S/C14H15N5O4/c20-12(18-19-13(21)11-6-7-16-17-11)8-15-14(22)23-9-10-4-2-1-3-5-10/h1-7H,8-9H2,(H,15,22)(H,16,17)(H,18,20)(H,19,21). The predicted octanol–water partition coefficient (Wildman–Crippen LogP) is 0.0971. The van der Waals surface area contributed by atoms with E-state index in [4.69, 9.17) is 4.74 Å². The van der Waals surface area contributed by atoms with Gasteiger partial charge in [-0.3, -0.25) is 25.5 Å². The highest BCUT2D eigenvalue weighted by Crippen LogP contribution is 2.00. The predicted molar refractivity (Wildman–Crippen MR) is 78.8 cm³/mol. The summed E-state index contributed by atoms with van der Waals surface area (Å²) in [6.45, 7) is -0.234. The number of alkyl carbamates (subject to hydrolysis) is 1. The van der Waals surface area contributed by atoms with Crippen LogP contribution in [0.5, 0.6) is 0 Å². The number of ether oxygens (including phenoxy) is 1. The summed E-state index contributed by atoms with van der Waals surface area (Å²) in [6, 6.07) is 10.6. The number of carbonyl (C=O) groups excluding carboxylic acids is 3. The molecule has 1 aromatic heterocycles. The van der Waals surface area contributed by atoms with E-state index in [-0.39, 0.29) is 18.8 Å². The SMILES string of the molecule is O=C(CNC(=O)OCc1ccccc1)NNC(=O)c1ccn[nH]1. The summed E-state index contributed by atoms with van der Waals surface area (Å²) >= 11 is 0. The van der Waals surface area contributed by atoms with Crippen LogP contribution < -0.4 is 16.2 Å². The molecule has 1 aromatic carbocycles. The third-order valence-electron chi connectivity index (χ3n) is 2.67. The molecule has 0 saturated heterocycles. The van der Waals surface area contributed by atoms with Gasteiger partial charge in [0.05, 0.1) is 0 Å². The molecule has 1 heterocycles. The fourth-order valence-corrected chi connectivity index (χ4v) is 1.55. The average Bonchev–Trinajstić information content (AvgIpc) is 3.11. The highest BCUT2D eigenvalue weighted by molar-refractivity contribution is 5.93. The Bertz CT molecular complexity index is 657. The second-order valence-corrected chi connectivity index (χ2v) is 4.39. The molecule has 2 rings (SSSR count). The molecule has 0 atom stereocenters. The maximum Gasteiger partial charge on any atom is 0.407 e. The van der Waals surface area contributed by atoms with Gasteiger partial charge in [0.25, 0.3) is 11.8 Å². The third kappa shape index (κ3) is 5.50. The van der Waals surface area contributed by atoms with E-state index in [2.05, 4.69) is 26.4 Å². The first-order valence-corrected chi connectivity index (χ1v) is 6.68. The number of hydrogen-bond acceptors (Lipinski definition) is 5. The topological polar surface area (TPSA) is 125 Å². The third-order valence-corrected chi connectivity index (χ3v) is 2.67. The number of hydrazine groups is 1. The van der Waals surface area contributed by atoms with Crippen LogP contribution in [0.15, 0.2) is 42.6 Å². The number of nitrogens with zero attached hydrogens (tertiary/aromatic N) is 1. The molecular formula is C14H15N5O4. The van der Waals surface area contributed by atoms with E-state index in [1.165, 1.54) is 12.3 Å². The number of carbonyl (C=O) groups is 3. The highest BCUT2D eigenvalue weighted by atomic mass is 16.5. The van der Waals surface area contributed by atoms with E-state index in [1.54, 1.807) is 0 Å². The molecule has 0 radical (unpaired) electrons. The van der Waals surface area contributed by atoms with E-state index in [0.29, 0.717) is 0 Å². The van der Waals surface area contributed by atoms with Crippen LogP contribution in [0, 0.1) is 0 Å². The molecule has 9 heteroatoms. The number of amides is 3. The van der Waals surface area contributed by atoms with Gasteiger partial charge < -0.3 is 10.1 Å². The fourth-order valence-electron chi connectivity index (χ4n) is 1.55. The van der Waals surface area contributed by atoms with Crippen molar-refractivity contribution in [3.8, 4) is 0 Å². The number of hydrogen-bond donors (Lipinski definition) is 4. The smallest absolute Gasteiger partial charge is 0.407 e. The molecule has 0 aliphatic heterocycles. The van der Waals surface area contributed by atoms with Gasteiger partial charge in [0.15, 0.2) is 0 Å². The van der Waals surface area contributed by atoms with E-state index in [0.717, 1.165) is 5.56 Å². The van der Waals surface area contributed by atoms with Gasteiger partial charge in [-0.1, -0.05) is 30.3 Å². The van der Waals surface area contributed by atoms with Crippen molar-refractivity contribution in [1.82, 2.24) is 26.4 Å². The normalized spacial score (nSPS) is 9.74. The molecule has 0 spiro atoms. The highest BCUT2D eigenvalue weighted by Gasteiger charge is 2.09. The summed E-state index contributed by atoms with van der Waals surface area (Å²) in [6.07, 6.45) is 0.671. The molecule has 9 nitrogen and oxygen atoms in total. The molecule has 0 bridgehead atoms. The van der Waals surface area contributed by atoms with Crippen LogP contribution in [-0.2, 0) is 16.1 Å². The van der Waals surface area contributed by atoms with Crippen LogP contribution in [0.1, 0.15) is 16.1 Å². The first-order valence-electron chi connectivity index (χ1n) is 6.68. The Morgan fingerprint density at radius 1 is 1.09 bits per heavy atom. The molecule has 2 aromatic rings. The Hall–Kier alpha value is -3.36. The number of nitrogens with one attached hydrogen (secondary N) is 4. The zero-order valence-corrected chi connectivity index (χ0v) is 12.0. The first-order chi connectivity index (χ1) is 11.1. The van der Waals surface area contributed by atoms with Crippen molar-refractivity contribution >= 4 is 17.9 Å². The van der Waals surface area contributed by atoms with E-state index in [1.807, 2.05) is 30.3 Å². The van der Waals surface area contributed by atoms with Crippen molar-refractivity contribution in [1.29, 1.82) is 0 Å². The molecule has 0 aliphatic carbocycles. The van der Waals surface area contributed by atoms with Gasteiger partial charge in [0.2, 0.25) is 0 Å². The van der Waals surface area contributed by atoms with Gasteiger partial charge in [-0.25, -0.2) is 4.79 Å². The van der Waals surface area contributed by atoms with Gasteiger partial charge in [-0.2, -0.15) is 5.10 Å².